The number of anilines is 1. The Kier molecular flexibility index (Phi) is 11.6. The summed E-state index contributed by atoms with van der Waals surface area (Å²) in [5.41, 5.74) is -4.42. The Morgan fingerprint density at radius 2 is 1.48 bits per heavy atom. The minimum Gasteiger partial charge on any atom is -0.497 e. The average molecular weight is 887 g/mol. The summed E-state index contributed by atoms with van der Waals surface area (Å²) in [6.07, 6.45) is -1.94. The Morgan fingerprint density at radius 1 is 0.891 bits per heavy atom. The normalized spacial score (nSPS) is 19.3. The van der Waals surface area contributed by atoms with Crippen LogP contribution < -0.4 is 19.1 Å². The van der Waals surface area contributed by atoms with Crippen LogP contribution >= 0.6 is 0 Å². The first-order valence-corrected chi connectivity index (χ1v) is 20.8. The zero-order valence-electron chi connectivity index (χ0n) is 36.3. The van der Waals surface area contributed by atoms with Gasteiger partial charge in [-0.05, 0) is 94.5 Å². The molecular formula is C47H47F5N6O6. The molecule has 4 atom stereocenters. The van der Waals surface area contributed by atoms with Crippen LogP contribution in [-0.4, -0.2) is 87.3 Å². The highest BCUT2D eigenvalue weighted by molar-refractivity contribution is 6.04. The van der Waals surface area contributed by atoms with E-state index in [9.17, 15) is 9.59 Å². The van der Waals surface area contributed by atoms with Gasteiger partial charge in [0.05, 0.1) is 43.6 Å². The standard InChI is InChI=1S/C47H47F5N6O6/c1-25-38(47(50,51)52)33(18-35(39(25)48)56(21-27-8-13-31(61-6)14-9-27)22-28-10-15-32(62-7)16-11-28)41-40(49)36(29-19-53-24-54-20-29)37-43(55-41)63-26(2)42-34-17-12-30(23-57(42)44(37)59)58(34)45(60)64-46(3,4)5/h8-11,13-16,18-20,24,26,30,34,42H,12,17,21-23H2,1-7H3/t26-,30+,34-,42+/m0/s1. The number of benzene rings is 3. The first kappa shape index (κ1) is 44.1. The van der Waals surface area contributed by atoms with Crippen LogP contribution in [0, 0.1) is 18.6 Å². The number of amides is 2. The minimum atomic E-state index is -5.21. The van der Waals surface area contributed by atoms with Gasteiger partial charge in [0.1, 0.15) is 46.6 Å². The molecule has 2 amide bonds. The van der Waals surface area contributed by atoms with E-state index in [-0.39, 0.29) is 36.4 Å². The summed E-state index contributed by atoms with van der Waals surface area (Å²) in [6, 6.07) is 13.0. The number of piperazine rings is 1. The number of rotatable bonds is 9. The van der Waals surface area contributed by atoms with Gasteiger partial charge in [0, 0.05) is 48.7 Å². The number of hydrogen-bond donors (Lipinski definition) is 0. The molecule has 2 fully saturated rings. The van der Waals surface area contributed by atoms with Crippen LogP contribution in [0.2, 0.25) is 0 Å². The van der Waals surface area contributed by atoms with Crippen molar-refractivity contribution in [1.29, 1.82) is 0 Å². The van der Waals surface area contributed by atoms with Crippen molar-refractivity contribution in [3.63, 3.8) is 0 Å². The van der Waals surface area contributed by atoms with E-state index in [1.165, 1.54) is 37.8 Å². The molecular weight excluding hydrogens is 840 g/mol. The SMILES string of the molecule is COc1ccc(CN(Cc2ccc(OC)cc2)c2cc(-c3nc4c(c(-c5cncnc5)c3F)C(=O)N3C[C@H]5CC[C@@H]([C@H]3[C@H](C)O4)N5C(=O)OC(C)(C)C)c(C(F)(F)F)c(C)c2F)cc1. The van der Waals surface area contributed by atoms with Crippen LogP contribution in [0.25, 0.3) is 22.4 Å². The summed E-state index contributed by atoms with van der Waals surface area (Å²) in [6.45, 7) is 7.99. The maximum absolute atomic E-state index is 17.8. The number of carbonyl (C=O) groups excluding carboxylic acids is 2. The Labute approximate surface area is 366 Å². The van der Waals surface area contributed by atoms with Crippen LogP contribution in [0.1, 0.15) is 73.1 Å². The number of fused-ring (bicyclic) bond motifs is 5. The highest BCUT2D eigenvalue weighted by Crippen LogP contribution is 2.48. The topological polar surface area (TPSA) is 119 Å². The molecule has 2 saturated heterocycles. The molecule has 17 heteroatoms. The van der Waals surface area contributed by atoms with Gasteiger partial charge in [0.25, 0.3) is 5.91 Å². The second-order valence-electron chi connectivity index (χ2n) is 17.2. The van der Waals surface area contributed by atoms with Crippen molar-refractivity contribution in [1.82, 2.24) is 24.8 Å². The predicted octanol–water partition coefficient (Wildman–Crippen LogP) is 9.41. The summed E-state index contributed by atoms with van der Waals surface area (Å²) in [5.74, 6) is -2.48. The Balaban J connectivity index is 1.32. The number of nitrogens with zero attached hydrogens (tertiary/aromatic N) is 6. The van der Waals surface area contributed by atoms with Crippen LogP contribution in [0.3, 0.4) is 0 Å². The number of pyridine rings is 1. The monoisotopic (exact) mass is 886 g/mol. The van der Waals surface area contributed by atoms with Crippen molar-refractivity contribution < 1.29 is 50.5 Å². The zero-order valence-corrected chi connectivity index (χ0v) is 36.3. The Morgan fingerprint density at radius 3 is 2.03 bits per heavy atom. The fourth-order valence-electron chi connectivity index (χ4n) is 9.15. The van der Waals surface area contributed by atoms with Crippen LogP contribution in [-0.2, 0) is 24.0 Å². The van der Waals surface area contributed by atoms with E-state index in [4.69, 9.17) is 18.9 Å². The lowest BCUT2D eigenvalue weighted by Crippen LogP contribution is -2.65. The van der Waals surface area contributed by atoms with Gasteiger partial charge < -0.3 is 28.7 Å². The van der Waals surface area contributed by atoms with Gasteiger partial charge >= 0.3 is 12.3 Å². The number of ether oxygens (including phenoxy) is 4. The lowest BCUT2D eigenvalue weighted by atomic mass is 9.92. The molecule has 2 bridgehead atoms. The van der Waals surface area contributed by atoms with E-state index >= 15 is 22.0 Å². The minimum absolute atomic E-state index is 0.0126. The van der Waals surface area contributed by atoms with E-state index < -0.39 is 93.5 Å². The number of halogens is 5. The number of alkyl halides is 3. The molecule has 0 radical (unpaired) electrons. The van der Waals surface area contributed by atoms with Gasteiger partial charge in [-0.25, -0.2) is 28.5 Å². The summed E-state index contributed by atoms with van der Waals surface area (Å²) in [4.78, 5) is 45.8. The van der Waals surface area contributed by atoms with Crippen LogP contribution in [0.15, 0.2) is 73.3 Å². The molecule has 0 N–H and O–H groups in total. The molecule has 5 heterocycles. The first-order chi connectivity index (χ1) is 30.4. The van der Waals surface area contributed by atoms with E-state index in [1.54, 1.807) is 86.0 Å². The third kappa shape index (κ3) is 8.23. The van der Waals surface area contributed by atoms with Gasteiger partial charge in [-0.15, -0.1) is 0 Å². The third-order valence-electron chi connectivity index (χ3n) is 11.9. The molecule has 0 spiro atoms. The maximum Gasteiger partial charge on any atom is 0.417 e. The van der Waals surface area contributed by atoms with E-state index in [0.29, 0.717) is 35.5 Å². The molecule has 3 aliphatic rings. The molecule has 3 aliphatic heterocycles. The van der Waals surface area contributed by atoms with Gasteiger partial charge in [-0.2, -0.15) is 13.2 Å². The molecule has 2 aromatic heterocycles. The largest absolute Gasteiger partial charge is 0.497 e. The second-order valence-corrected chi connectivity index (χ2v) is 17.2. The third-order valence-corrected chi connectivity index (χ3v) is 11.9. The molecule has 0 saturated carbocycles. The second kappa shape index (κ2) is 16.9. The molecule has 64 heavy (non-hydrogen) atoms. The molecule has 0 aliphatic carbocycles. The predicted molar refractivity (Wildman–Crippen MR) is 226 cm³/mol. The van der Waals surface area contributed by atoms with Crippen molar-refractivity contribution >= 4 is 17.7 Å². The molecule has 8 rings (SSSR count). The summed E-state index contributed by atoms with van der Waals surface area (Å²) in [5, 5.41) is 0. The van der Waals surface area contributed by atoms with Crippen LogP contribution in [0.5, 0.6) is 17.4 Å². The van der Waals surface area contributed by atoms with Crippen molar-refractivity contribution in [3.05, 3.63) is 113 Å². The summed E-state index contributed by atoms with van der Waals surface area (Å²) >= 11 is 0. The van der Waals surface area contributed by atoms with E-state index in [2.05, 4.69) is 15.0 Å². The molecule has 12 nitrogen and oxygen atoms in total. The summed E-state index contributed by atoms with van der Waals surface area (Å²) < 4.78 is 104. The molecule has 0 unspecified atom stereocenters. The van der Waals surface area contributed by atoms with Crippen molar-refractivity contribution in [2.75, 3.05) is 25.7 Å². The summed E-state index contributed by atoms with van der Waals surface area (Å²) in [7, 11) is 3.02. The van der Waals surface area contributed by atoms with Crippen molar-refractivity contribution in [2.45, 2.75) is 96.6 Å². The number of methoxy groups -OCH3 is 2. The Bertz CT molecular complexity index is 2520. The van der Waals surface area contributed by atoms with Crippen molar-refractivity contribution in [3.8, 4) is 39.8 Å². The van der Waals surface area contributed by atoms with Gasteiger partial charge in [-0.3, -0.25) is 9.69 Å². The van der Waals surface area contributed by atoms with Crippen molar-refractivity contribution in [2.24, 2.45) is 0 Å². The number of carbonyl (C=O) groups is 2. The fourth-order valence-corrected chi connectivity index (χ4v) is 9.15. The zero-order chi connectivity index (χ0) is 45.8. The lowest BCUT2D eigenvalue weighted by molar-refractivity contribution is -0.137. The quantitative estimate of drug-likeness (QED) is 0.133. The van der Waals surface area contributed by atoms with Gasteiger partial charge in [-0.1, -0.05) is 24.3 Å². The molecule has 336 valence electrons. The molecule has 5 aromatic rings. The van der Waals surface area contributed by atoms with E-state index in [0.717, 1.165) is 13.0 Å². The maximum atomic E-state index is 17.8. The number of aromatic nitrogens is 3. The van der Waals surface area contributed by atoms with E-state index in [1.807, 2.05) is 0 Å². The first-order valence-electron chi connectivity index (χ1n) is 20.8. The smallest absolute Gasteiger partial charge is 0.417 e. The lowest BCUT2D eigenvalue weighted by Gasteiger charge is -2.47. The number of hydrogen-bond acceptors (Lipinski definition) is 10. The van der Waals surface area contributed by atoms with Gasteiger partial charge in [0.15, 0.2) is 5.82 Å². The van der Waals surface area contributed by atoms with Gasteiger partial charge in [0.2, 0.25) is 5.88 Å². The Hall–Kier alpha value is -6.52. The molecule has 3 aromatic carbocycles. The van der Waals surface area contributed by atoms with Crippen LogP contribution in [0.4, 0.5) is 32.4 Å². The average Bonchev–Trinajstić information content (AvgIpc) is 3.51. The fraction of sp³-hybridized carbons (Fsp3) is 0.383. The highest BCUT2D eigenvalue weighted by Gasteiger charge is 2.55. The highest BCUT2D eigenvalue weighted by atomic mass is 19.4.